The monoisotopic (exact) mass is 266 g/mol. The third kappa shape index (κ3) is 2.95. The summed E-state index contributed by atoms with van der Waals surface area (Å²) in [4.78, 5) is 11.4. The van der Waals surface area contributed by atoms with Crippen molar-refractivity contribution in [3.63, 3.8) is 0 Å². The lowest BCUT2D eigenvalue weighted by Gasteiger charge is -2.10. The van der Waals surface area contributed by atoms with Gasteiger partial charge in [-0.25, -0.2) is 0 Å². The molecule has 88 valence electrons. The summed E-state index contributed by atoms with van der Waals surface area (Å²) in [6.07, 6.45) is 0. The topological polar surface area (TPSA) is 94.9 Å². The minimum Gasteiger partial charge on any atom is -0.374 e. The summed E-state index contributed by atoms with van der Waals surface area (Å²) >= 11 is 2.50. The molecule has 0 fully saturated rings. The van der Waals surface area contributed by atoms with Gasteiger partial charge in [-0.1, -0.05) is 53.4 Å². The molecule has 1 atom stereocenters. The number of nitrogens with zero attached hydrogens (tertiary/aromatic N) is 2. The zero-order chi connectivity index (χ0) is 12.3. The molecule has 0 saturated carbocycles. The normalized spacial score (nSPS) is 12.2. The van der Waals surface area contributed by atoms with Crippen LogP contribution in [0.2, 0.25) is 0 Å². The van der Waals surface area contributed by atoms with Gasteiger partial charge in [0.2, 0.25) is 11.0 Å². The van der Waals surface area contributed by atoms with Gasteiger partial charge in [0.15, 0.2) is 4.34 Å². The van der Waals surface area contributed by atoms with Crippen LogP contribution in [0.4, 0.5) is 5.13 Å². The number of hydrogen-bond acceptors (Lipinski definition) is 6. The van der Waals surface area contributed by atoms with Gasteiger partial charge >= 0.3 is 0 Å². The van der Waals surface area contributed by atoms with Crippen LogP contribution in [-0.4, -0.2) is 16.1 Å². The molecule has 2 rings (SSSR count). The van der Waals surface area contributed by atoms with Crippen LogP contribution in [-0.2, 0) is 4.79 Å². The molecule has 0 aliphatic heterocycles. The van der Waals surface area contributed by atoms with Gasteiger partial charge in [-0.2, -0.15) is 0 Å². The number of hydrogen-bond donors (Lipinski definition) is 2. The molecule has 1 unspecified atom stereocenters. The van der Waals surface area contributed by atoms with Crippen molar-refractivity contribution < 1.29 is 4.79 Å². The number of aromatic nitrogens is 2. The number of anilines is 1. The molecule has 1 amide bonds. The van der Waals surface area contributed by atoms with Crippen molar-refractivity contribution in [1.82, 2.24) is 10.2 Å². The van der Waals surface area contributed by atoms with Crippen LogP contribution in [0.15, 0.2) is 34.7 Å². The highest BCUT2D eigenvalue weighted by Crippen LogP contribution is 2.36. The fourth-order valence-corrected chi connectivity index (χ4v) is 3.07. The van der Waals surface area contributed by atoms with Crippen LogP contribution in [0.25, 0.3) is 0 Å². The van der Waals surface area contributed by atoms with Crippen LogP contribution in [0.3, 0.4) is 0 Å². The molecule has 1 aromatic heterocycles. The Labute approximate surface area is 106 Å². The van der Waals surface area contributed by atoms with Crippen LogP contribution in [0, 0.1) is 0 Å². The zero-order valence-electron chi connectivity index (χ0n) is 8.74. The lowest BCUT2D eigenvalue weighted by atomic mass is 10.1. The van der Waals surface area contributed by atoms with Gasteiger partial charge in [-0.3, -0.25) is 4.79 Å². The molecule has 0 bridgehead atoms. The molecule has 5 nitrogen and oxygen atoms in total. The Balaban J connectivity index is 2.22. The number of primary amides is 1. The van der Waals surface area contributed by atoms with Gasteiger partial charge in [0.25, 0.3) is 0 Å². The lowest BCUT2D eigenvalue weighted by molar-refractivity contribution is -0.117. The smallest absolute Gasteiger partial charge is 0.235 e. The van der Waals surface area contributed by atoms with Crippen molar-refractivity contribution in [2.45, 2.75) is 9.59 Å². The molecule has 0 saturated heterocycles. The first-order chi connectivity index (χ1) is 8.16. The molecule has 4 N–H and O–H groups in total. The molecule has 2 aromatic rings. The number of thioether (sulfide) groups is 1. The van der Waals surface area contributed by atoms with Gasteiger partial charge in [0, 0.05) is 0 Å². The van der Waals surface area contributed by atoms with E-state index >= 15 is 0 Å². The van der Waals surface area contributed by atoms with E-state index in [1.54, 1.807) is 0 Å². The first kappa shape index (κ1) is 11.9. The summed E-state index contributed by atoms with van der Waals surface area (Å²) in [5.41, 5.74) is 11.7. The highest BCUT2D eigenvalue weighted by molar-refractivity contribution is 8.01. The second-order valence-corrected chi connectivity index (χ2v) is 5.58. The van der Waals surface area contributed by atoms with E-state index in [1.165, 1.54) is 23.1 Å². The number of carbonyl (C=O) groups excluding carboxylic acids is 1. The minimum absolute atomic E-state index is 0.379. The fourth-order valence-electron chi connectivity index (χ4n) is 1.29. The Hall–Kier alpha value is -1.60. The van der Waals surface area contributed by atoms with Crippen molar-refractivity contribution in [3.8, 4) is 0 Å². The Morgan fingerprint density at radius 2 is 2.00 bits per heavy atom. The van der Waals surface area contributed by atoms with Gasteiger partial charge in [0.1, 0.15) is 5.25 Å². The SMILES string of the molecule is NC(=O)C(Sc1nnc(N)s1)c1ccccc1. The maximum Gasteiger partial charge on any atom is 0.235 e. The number of nitrogens with two attached hydrogens (primary N) is 2. The van der Waals surface area contributed by atoms with Crippen molar-refractivity contribution in [3.05, 3.63) is 35.9 Å². The summed E-state index contributed by atoms with van der Waals surface area (Å²) in [6.45, 7) is 0. The van der Waals surface area contributed by atoms with E-state index in [-0.39, 0.29) is 0 Å². The molecule has 17 heavy (non-hydrogen) atoms. The second-order valence-electron chi connectivity index (χ2n) is 3.22. The molecule has 0 radical (unpaired) electrons. The van der Waals surface area contributed by atoms with E-state index < -0.39 is 11.2 Å². The van der Waals surface area contributed by atoms with Crippen LogP contribution < -0.4 is 11.5 Å². The second kappa shape index (κ2) is 5.15. The molecular formula is C10H10N4OS2. The van der Waals surface area contributed by atoms with Crippen LogP contribution in [0.1, 0.15) is 10.8 Å². The highest BCUT2D eigenvalue weighted by Gasteiger charge is 2.20. The molecule has 0 aliphatic rings. The van der Waals surface area contributed by atoms with E-state index in [4.69, 9.17) is 11.5 Å². The molecule has 1 aromatic carbocycles. The number of nitrogen functional groups attached to an aromatic ring is 1. The molecule has 0 spiro atoms. The lowest BCUT2D eigenvalue weighted by Crippen LogP contribution is -2.18. The molecule has 0 aliphatic carbocycles. The number of benzene rings is 1. The summed E-state index contributed by atoms with van der Waals surface area (Å²) < 4.78 is 0.634. The highest BCUT2D eigenvalue weighted by atomic mass is 32.2. The van der Waals surface area contributed by atoms with Gasteiger partial charge < -0.3 is 11.5 Å². The van der Waals surface area contributed by atoms with E-state index in [0.29, 0.717) is 9.47 Å². The van der Waals surface area contributed by atoms with Crippen LogP contribution >= 0.6 is 23.1 Å². The molecular weight excluding hydrogens is 256 g/mol. The molecule has 1 heterocycles. The van der Waals surface area contributed by atoms with Crippen molar-refractivity contribution in [1.29, 1.82) is 0 Å². The van der Waals surface area contributed by atoms with E-state index in [9.17, 15) is 4.79 Å². The van der Waals surface area contributed by atoms with Crippen molar-refractivity contribution in [2.24, 2.45) is 5.73 Å². The van der Waals surface area contributed by atoms with Gasteiger partial charge in [-0.15, -0.1) is 10.2 Å². The average Bonchev–Trinajstić information content (AvgIpc) is 2.73. The third-order valence-corrected chi connectivity index (χ3v) is 4.11. The van der Waals surface area contributed by atoms with Gasteiger partial charge in [-0.05, 0) is 5.56 Å². The standard InChI is InChI=1S/C10H10N4OS2/c11-8(15)7(6-4-2-1-3-5-6)16-10-14-13-9(12)17-10/h1-5,7H,(H2,11,15)(H2,12,13). The minimum atomic E-state index is -0.469. The maximum absolute atomic E-state index is 11.4. The number of amides is 1. The predicted octanol–water partition coefficient (Wildman–Crippen LogP) is 1.44. The van der Waals surface area contributed by atoms with Gasteiger partial charge in [0.05, 0.1) is 0 Å². The summed E-state index contributed by atoms with van der Waals surface area (Å²) in [5, 5.41) is 7.47. The predicted molar refractivity (Wildman–Crippen MR) is 68.6 cm³/mol. The Morgan fingerprint density at radius 3 is 2.53 bits per heavy atom. The Morgan fingerprint density at radius 1 is 1.29 bits per heavy atom. The molecule has 7 heteroatoms. The van der Waals surface area contributed by atoms with Crippen molar-refractivity contribution in [2.75, 3.05) is 5.73 Å². The van der Waals surface area contributed by atoms with Crippen molar-refractivity contribution >= 4 is 34.1 Å². The van der Waals surface area contributed by atoms with E-state index in [2.05, 4.69) is 10.2 Å². The maximum atomic E-state index is 11.4. The third-order valence-electron chi connectivity index (χ3n) is 2.00. The Bertz CT molecular complexity index is 514. The zero-order valence-corrected chi connectivity index (χ0v) is 10.4. The summed E-state index contributed by atoms with van der Waals surface area (Å²) in [5.74, 6) is -0.407. The van der Waals surface area contributed by atoms with E-state index in [1.807, 2.05) is 30.3 Å². The number of carbonyl (C=O) groups is 1. The first-order valence-corrected chi connectivity index (χ1v) is 6.46. The quantitative estimate of drug-likeness (QED) is 0.816. The summed E-state index contributed by atoms with van der Waals surface area (Å²) in [7, 11) is 0. The fraction of sp³-hybridized carbons (Fsp3) is 0.100. The van der Waals surface area contributed by atoms with Crippen LogP contribution in [0.5, 0.6) is 0 Å². The first-order valence-electron chi connectivity index (χ1n) is 4.76. The summed E-state index contributed by atoms with van der Waals surface area (Å²) in [6, 6.07) is 9.31. The average molecular weight is 266 g/mol. The largest absolute Gasteiger partial charge is 0.374 e. The van der Waals surface area contributed by atoms with E-state index in [0.717, 1.165) is 5.56 Å². The number of rotatable bonds is 4. The Kier molecular flexibility index (Phi) is 3.60.